The normalized spacial score (nSPS) is 11.6. The number of pyridine rings is 1. The van der Waals surface area contributed by atoms with Gasteiger partial charge in [-0.25, -0.2) is 4.79 Å². The highest BCUT2D eigenvalue weighted by Gasteiger charge is 2.28. The van der Waals surface area contributed by atoms with Crippen molar-refractivity contribution < 1.29 is 29.9 Å². The van der Waals surface area contributed by atoms with E-state index in [-0.39, 0.29) is 17.5 Å². The number of carbonyl (C=O) groups is 2. The van der Waals surface area contributed by atoms with Gasteiger partial charge in [0, 0.05) is 18.0 Å². The molecule has 5 N–H and O–H groups in total. The Kier molecular flexibility index (Phi) is 8.18. The first-order valence-corrected chi connectivity index (χ1v) is 10.5. The Balaban J connectivity index is 1.65. The first kappa shape index (κ1) is 24.0. The molecule has 0 aliphatic heterocycles. The number of carboxylic acid groups (broad SMARTS) is 1. The molecule has 1 heterocycles. The SMILES string of the molecule is O=C(N[C@@H](Cc1cccc(C(=O)O)c1O)B(O)O)c1cccc(CCCc2cccnc2)c1. The molecule has 0 aliphatic carbocycles. The fourth-order valence-corrected chi connectivity index (χ4v) is 3.56. The number of aromatic hydroxyl groups is 1. The lowest BCUT2D eigenvalue weighted by Gasteiger charge is -2.19. The van der Waals surface area contributed by atoms with Crippen LogP contribution in [0.3, 0.4) is 0 Å². The molecule has 0 saturated heterocycles. The van der Waals surface area contributed by atoms with Crippen molar-refractivity contribution in [1.29, 1.82) is 0 Å². The average molecular weight is 448 g/mol. The van der Waals surface area contributed by atoms with Crippen molar-refractivity contribution in [1.82, 2.24) is 10.3 Å². The van der Waals surface area contributed by atoms with E-state index in [1.807, 2.05) is 24.4 Å². The zero-order chi connectivity index (χ0) is 23.8. The summed E-state index contributed by atoms with van der Waals surface area (Å²) >= 11 is 0. The number of amides is 1. The smallest absolute Gasteiger partial charge is 0.475 e. The summed E-state index contributed by atoms with van der Waals surface area (Å²) in [4.78, 5) is 28.1. The van der Waals surface area contributed by atoms with Gasteiger partial charge in [0.25, 0.3) is 5.91 Å². The van der Waals surface area contributed by atoms with Crippen LogP contribution in [0.4, 0.5) is 0 Å². The number of aromatic nitrogens is 1. The van der Waals surface area contributed by atoms with Crippen LogP contribution in [-0.4, -0.2) is 50.2 Å². The summed E-state index contributed by atoms with van der Waals surface area (Å²) in [7, 11) is -1.91. The molecule has 1 aromatic heterocycles. The summed E-state index contributed by atoms with van der Waals surface area (Å²) in [5, 5.41) is 41.4. The van der Waals surface area contributed by atoms with Crippen LogP contribution in [0, 0.1) is 0 Å². The zero-order valence-electron chi connectivity index (χ0n) is 17.9. The van der Waals surface area contributed by atoms with Crippen molar-refractivity contribution in [2.24, 2.45) is 0 Å². The summed E-state index contributed by atoms with van der Waals surface area (Å²) in [6.07, 6.45) is 5.90. The predicted molar refractivity (Wildman–Crippen MR) is 123 cm³/mol. The number of aromatic carboxylic acids is 1. The number of phenols is 1. The minimum atomic E-state index is -1.91. The Morgan fingerprint density at radius 2 is 1.73 bits per heavy atom. The van der Waals surface area contributed by atoms with Crippen LogP contribution in [0.25, 0.3) is 0 Å². The highest BCUT2D eigenvalue weighted by Crippen LogP contribution is 2.24. The number of benzene rings is 2. The Hall–Kier alpha value is -3.69. The second kappa shape index (κ2) is 11.3. The van der Waals surface area contributed by atoms with Gasteiger partial charge in [0.15, 0.2) is 0 Å². The number of carboxylic acids is 1. The Morgan fingerprint density at radius 1 is 1.00 bits per heavy atom. The third kappa shape index (κ3) is 6.65. The maximum atomic E-state index is 12.8. The molecule has 0 fully saturated rings. The van der Waals surface area contributed by atoms with Crippen LogP contribution in [0.1, 0.15) is 43.8 Å². The minimum Gasteiger partial charge on any atom is -0.507 e. The summed E-state index contributed by atoms with van der Waals surface area (Å²) in [6.45, 7) is 0. The standard InChI is InChI=1S/C24H25BN2O6/c28-22-18(9-3-11-20(22)24(30)31)14-21(25(32)33)27-23(29)19-10-2-6-16(13-19)5-1-7-17-8-4-12-26-15-17/h2-4,6,8-13,15,21,28,32-33H,1,5,7,14H2,(H,27,29)(H,30,31)/t21-/m0/s1. The maximum absolute atomic E-state index is 12.8. The van der Waals surface area contributed by atoms with E-state index in [2.05, 4.69) is 10.3 Å². The topological polar surface area (TPSA) is 140 Å². The Morgan fingerprint density at radius 3 is 2.42 bits per heavy atom. The van der Waals surface area contributed by atoms with Gasteiger partial charge >= 0.3 is 13.1 Å². The minimum absolute atomic E-state index is 0.166. The lowest BCUT2D eigenvalue weighted by Crippen LogP contribution is -2.47. The number of rotatable bonds is 10. The molecule has 0 spiro atoms. The molecular formula is C24H25BN2O6. The van der Waals surface area contributed by atoms with E-state index >= 15 is 0 Å². The number of nitrogens with one attached hydrogen (secondary N) is 1. The van der Waals surface area contributed by atoms with Crippen molar-refractivity contribution in [3.63, 3.8) is 0 Å². The number of para-hydroxylation sites is 1. The molecule has 33 heavy (non-hydrogen) atoms. The van der Waals surface area contributed by atoms with Crippen molar-refractivity contribution >= 4 is 19.0 Å². The predicted octanol–water partition coefficient (Wildman–Crippen LogP) is 2.01. The van der Waals surface area contributed by atoms with E-state index in [9.17, 15) is 24.7 Å². The first-order valence-electron chi connectivity index (χ1n) is 10.5. The van der Waals surface area contributed by atoms with Gasteiger partial charge in [-0.2, -0.15) is 0 Å². The number of hydrogen-bond donors (Lipinski definition) is 5. The summed E-state index contributed by atoms with van der Waals surface area (Å²) < 4.78 is 0. The van der Waals surface area contributed by atoms with E-state index in [4.69, 9.17) is 5.11 Å². The monoisotopic (exact) mass is 448 g/mol. The van der Waals surface area contributed by atoms with Gasteiger partial charge in [0.2, 0.25) is 0 Å². The second-order valence-corrected chi connectivity index (χ2v) is 7.73. The van der Waals surface area contributed by atoms with Gasteiger partial charge in [0.05, 0.1) is 5.94 Å². The lowest BCUT2D eigenvalue weighted by molar-refractivity contribution is 0.0693. The zero-order valence-corrected chi connectivity index (χ0v) is 17.9. The van der Waals surface area contributed by atoms with Crippen molar-refractivity contribution in [3.05, 3.63) is 94.8 Å². The fraction of sp³-hybridized carbons (Fsp3) is 0.208. The van der Waals surface area contributed by atoms with E-state index in [1.165, 1.54) is 18.2 Å². The Bertz CT molecular complexity index is 1110. The van der Waals surface area contributed by atoms with Crippen molar-refractivity contribution in [2.45, 2.75) is 31.6 Å². The molecule has 0 saturated carbocycles. The molecule has 9 heteroatoms. The Labute approximate surface area is 191 Å². The van der Waals surface area contributed by atoms with Gasteiger partial charge in [-0.15, -0.1) is 0 Å². The molecule has 3 rings (SSSR count). The quantitative estimate of drug-likeness (QED) is 0.299. The van der Waals surface area contributed by atoms with Crippen molar-refractivity contribution in [2.75, 3.05) is 0 Å². The molecule has 1 atom stereocenters. The van der Waals surface area contributed by atoms with Crippen LogP contribution in [-0.2, 0) is 19.3 Å². The first-order chi connectivity index (χ1) is 15.8. The van der Waals surface area contributed by atoms with Crippen LogP contribution in [0.2, 0.25) is 0 Å². The molecule has 170 valence electrons. The van der Waals surface area contributed by atoms with Gasteiger partial charge in [-0.05, 0) is 66.6 Å². The average Bonchev–Trinajstić information content (AvgIpc) is 2.80. The number of carbonyl (C=O) groups excluding carboxylic acids is 1. The molecule has 0 radical (unpaired) electrons. The third-order valence-electron chi connectivity index (χ3n) is 5.31. The molecule has 0 aliphatic rings. The molecule has 3 aromatic rings. The van der Waals surface area contributed by atoms with Gasteiger partial charge in [0.1, 0.15) is 11.3 Å². The van der Waals surface area contributed by atoms with Gasteiger partial charge < -0.3 is 25.6 Å². The number of aryl methyl sites for hydroxylation is 2. The third-order valence-corrected chi connectivity index (χ3v) is 5.31. The van der Waals surface area contributed by atoms with E-state index < -0.39 is 30.7 Å². The summed E-state index contributed by atoms with van der Waals surface area (Å²) in [5.74, 6) is -3.43. The fourth-order valence-electron chi connectivity index (χ4n) is 3.56. The maximum Gasteiger partial charge on any atom is 0.475 e. The van der Waals surface area contributed by atoms with Crippen LogP contribution in [0.5, 0.6) is 5.75 Å². The van der Waals surface area contributed by atoms with Gasteiger partial charge in [-0.1, -0.05) is 30.3 Å². The van der Waals surface area contributed by atoms with E-state index in [0.29, 0.717) is 5.56 Å². The summed E-state index contributed by atoms with van der Waals surface area (Å²) in [6, 6.07) is 15.1. The summed E-state index contributed by atoms with van der Waals surface area (Å²) in [5.41, 5.74) is 2.35. The number of hydrogen-bond acceptors (Lipinski definition) is 6. The van der Waals surface area contributed by atoms with Gasteiger partial charge in [-0.3, -0.25) is 9.78 Å². The largest absolute Gasteiger partial charge is 0.507 e. The van der Waals surface area contributed by atoms with Crippen molar-refractivity contribution in [3.8, 4) is 5.75 Å². The lowest BCUT2D eigenvalue weighted by atomic mass is 9.75. The molecule has 0 unspecified atom stereocenters. The highest BCUT2D eigenvalue weighted by molar-refractivity contribution is 6.43. The molecule has 8 nitrogen and oxygen atoms in total. The highest BCUT2D eigenvalue weighted by atomic mass is 16.4. The van der Waals surface area contributed by atoms with Crippen LogP contribution < -0.4 is 5.32 Å². The van der Waals surface area contributed by atoms with Crippen LogP contribution in [0.15, 0.2) is 67.0 Å². The molecule has 2 aromatic carbocycles. The van der Waals surface area contributed by atoms with Crippen LogP contribution >= 0.6 is 0 Å². The van der Waals surface area contributed by atoms with E-state index in [0.717, 1.165) is 30.4 Å². The second-order valence-electron chi connectivity index (χ2n) is 7.73. The molecule has 1 amide bonds. The molecular weight excluding hydrogens is 423 g/mol. The molecule has 0 bridgehead atoms. The van der Waals surface area contributed by atoms with E-state index in [1.54, 1.807) is 24.4 Å². The number of nitrogens with zero attached hydrogens (tertiary/aromatic N) is 1.